The highest BCUT2D eigenvalue weighted by molar-refractivity contribution is 7.98. The van der Waals surface area contributed by atoms with Crippen molar-refractivity contribution in [1.82, 2.24) is 14.9 Å². The molecule has 0 fully saturated rings. The van der Waals surface area contributed by atoms with E-state index in [1.807, 2.05) is 24.3 Å². The Bertz CT molecular complexity index is 894. The van der Waals surface area contributed by atoms with Gasteiger partial charge in [0, 0.05) is 28.5 Å². The number of sulfonamides is 1. The second kappa shape index (κ2) is 9.33. The molecule has 2 N–H and O–H groups in total. The van der Waals surface area contributed by atoms with Crippen LogP contribution < -0.4 is 10.0 Å². The number of carbonyl (C=O) groups excluding carboxylic acids is 1. The molecule has 27 heavy (non-hydrogen) atoms. The quantitative estimate of drug-likeness (QED) is 0.474. The first-order valence-corrected chi connectivity index (χ1v) is 11.9. The maximum absolute atomic E-state index is 12.3. The maximum Gasteiger partial charge on any atom is 0.269 e. The summed E-state index contributed by atoms with van der Waals surface area (Å²) in [5.41, 5.74) is 0.474. The molecular formula is C16H21ClN4O3S3. The largest absolute Gasteiger partial charge is 0.300 e. The number of nitrogens with zero attached hydrogens (tertiary/aromatic N) is 2. The number of nitrogens with one attached hydrogen (secondary N) is 2. The van der Waals surface area contributed by atoms with Crippen LogP contribution in [0, 0.1) is 5.41 Å². The summed E-state index contributed by atoms with van der Waals surface area (Å²) in [6.07, 6.45) is 0. The highest BCUT2D eigenvalue weighted by Gasteiger charge is 2.24. The molecule has 1 heterocycles. The third kappa shape index (κ3) is 7.04. The molecule has 1 amide bonds. The van der Waals surface area contributed by atoms with Crippen molar-refractivity contribution in [3.05, 3.63) is 34.9 Å². The summed E-state index contributed by atoms with van der Waals surface area (Å²) in [7, 11) is -3.75. The monoisotopic (exact) mass is 448 g/mol. The van der Waals surface area contributed by atoms with E-state index < -0.39 is 15.4 Å². The second-order valence-corrected chi connectivity index (χ2v) is 11.1. The Balaban J connectivity index is 1.81. The number of amides is 1. The van der Waals surface area contributed by atoms with Gasteiger partial charge < -0.3 is 5.32 Å². The average Bonchev–Trinajstić information content (AvgIpc) is 3.03. The van der Waals surface area contributed by atoms with Crippen LogP contribution in [0.5, 0.6) is 0 Å². The summed E-state index contributed by atoms with van der Waals surface area (Å²) in [5, 5.41) is 10.8. The number of carbonyl (C=O) groups is 1. The molecule has 0 spiro atoms. The van der Waals surface area contributed by atoms with Crippen molar-refractivity contribution in [3.63, 3.8) is 0 Å². The standard InChI is InChI=1S/C16H21ClN4O3S3/c1-16(2,3)13(22)19-14-20-21-15(26-14)27(23,24)18-7-8-25-10-11-5-4-6-12(17)9-11/h4-6,9,18H,7-8,10H2,1-3H3,(H,19,20,22). The van der Waals surface area contributed by atoms with Crippen LogP contribution in [0.1, 0.15) is 26.3 Å². The first-order valence-electron chi connectivity index (χ1n) is 8.05. The molecule has 0 aliphatic carbocycles. The number of rotatable bonds is 8. The molecule has 11 heteroatoms. The summed E-state index contributed by atoms with van der Waals surface area (Å²) in [6.45, 7) is 5.52. The zero-order valence-corrected chi connectivity index (χ0v) is 18.4. The van der Waals surface area contributed by atoms with Gasteiger partial charge in [0.05, 0.1) is 0 Å². The topological polar surface area (TPSA) is 101 Å². The fourth-order valence-corrected chi connectivity index (χ4v) is 4.90. The van der Waals surface area contributed by atoms with Gasteiger partial charge in [0.1, 0.15) is 0 Å². The van der Waals surface area contributed by atoms with Gasteiger partial charge in [0.25, 0.3) is 10.0 Å². The Morgan fingerprint density at radius 1 is 1.30 bits per heavy atom. The van der Waals surface area contributed by atoms with Crippen LogP contribution in [0.4, 0.5) is 5.13 Å². The zero-order chi connectivity index (χ0) is 20.1. The predicted molar refractivity (Wildman–Crippen MR) is 111 cm³/mol. The predicted octanol–water partition coefficient (Wildman–Crippen LogP) is 3.39. The van der Waals surface area contributed by atoms with Crippen molar-refractivity contribution in [2.75, 3.05) is 17.6 Å². The van der Waals surface area contributed by atoms with E-state index in [4.69, 9.17) is 11.6 Å². The van der Waals surface area contributed by atoms with Crippen LogP contribution in [0.3, 0.4) is 0 Å². The van der Waals surface area contributed by atoms with Crippen LogP contribution in [0.15, 0.2) is 28.6 Å². The van der Waals surface area contributed by atoms with Crippen LogP contribution in [-0.2, 0) is 20.6 Å². The summed E-state index contributed by atoms with van der Waals surface area (Å²) in [6, 6.07) is 7.54. The minimum atomic E-state index is -3.75. The molecule has 0 atom stereocenters. The number of anilines is 1. The lowest BCUT2D eigenvalue weighted by atomic mass is 9.96. The fourth-order valence-electron chi connectivity index (χ4n) is 1.78. The molecule has 0 unspecified atom stereocenters. The normalized spacial score (nSPS) is 12.1. The number of benzene rings is 1. The molecule has 1 aromatic carbocycles. The van der Waals surface area contributed by atoms with E-state index in [9.17, 15) is 13.2 Å². The molecule has 1 aromatic heterocycles. The third-order valence-electron chi connectivity index (χ3n) is 3.23. The van der Waals surface area contributed by atoms with Gasteiger partial charge in [0.15, 0.2) is 0 Å². The van der Waals surface area contributed by atoms with Gasteiger partial charge >= 0.3 is 0 Å². The van der Waals surface area contributed by atoms with Gasteiger partial charge in [0.2, 0.25) is 15.4 Å². The molecule has 2 rings (SSSR count). The van der Waals surface area contributed by atoms with Crippen molar-refractivity contribution in [3.8, 4) is 0 Å². The van der Waals surface area contributed by atoms with Crippen LogP contribution in [0.25, 0.3) is 0 Å². The Labute approximate surface area is 172 Å². The molecule has 148 valence electrons. The lowest BCUT2D eigenvalue weighted by Gasteiger charge is -2.15. The number of hydrogen-bond acceptors (Lipinski definition) is 7. The van der Waals surface area contributed by atoms with E-state index in [-0.39, 0.29) is 21.9 Å². The van der Waals surface area contributed by atoms with E-state index in [0.717, 1.165) is 22.7 Å². The second-order valence-electron chi connectivity index (χ2n) is 6.66. The molecule has 0 saturated heterocycles. The molecule has 0 saturated carbocycles. The third-order valence-corrected chi connectivity index (χ3v) is 7.17. The molecular weight excluding hydrogens is 428 g/mol. The van der Waals surface area contributed by atoms with Crippen molar-refractivity contribution in [2.24, 2.45) is 5.41 Å². The van der Waals surface area contributed by atoms with Gasteiger partial charge in [-0.15, -0.1) is 10.2 Å². The smallest absolute Gasteiger partial charge is 0.269 e. The average molecular weight is 449 g/mol. The Morgan fingerprint density at radius 2 is 2.04 bits per heavy atom. The number of halogens is 1. The first-order chi connectivity index (χ1) is 12.6. The van der Waals surface area contributed by atoms with E-state index in [1.165, 1.54) is 0 Å². The summed E-state index contributed by atoms with van der Waals surface area (Å²) < 4.78 is 26.8. The van der Waals surface area contributed by atoms with E-state index in [2.05, 4.69) is 20.2 Å². The van der Waals surface area contributed by atoms with Gasteiger partial charge in [-0.05, 0) is 17.7 Å². The summed E-state index contributed by atoms with van der Waals surface area (Å²) >= 11 is 8.34. The van der Waals surface area contributed by atoms with Crippen molar-refractivity contribution in [2.45, 2.75) is 30.9 Å². The van der Waals surface area contributed by atoms with Gasteiger partial charge in [-0.3, -0.25) is 4.79 Å². The molecule has 0 aliphatic heterocycles. The van der Waals surface area contributed by atoms with E-state index in [1.54, 1.807) is 32.5 Å². The van der Waals surface area contributed by atoms with Crippen molar-refractivity contribution < 1.29 is 13.2 Å². The summed E-state index contributed by atoms with van der Waals surface area (Å²) in [4.78, 5) is 11.9. The van der Waals surface area contributed by atoms with Crippen molar-refractivity contribution in [1.29, 1.82) is 0 Å². The van der Waals surface area contributed by atoms with Gasteiger partial charge in [-0.25, -0.2) is 13.1 Å². The van der Waals surface area contributed by atoms with Gasteiger partial charge in [-0.1, -0.05) is 55.8 Å². The molecule has 0 radical (unpaired) electrons. The van der Waals surface area contributed by atoms with Crippen LogP contribution >= 0.6 is 34.7 Å². The minimum absolute atomic E-state index is 0.158. The molecule has 7 nitrogen and oxygen atoms in total. The number of aromatic nitrogens is 2. The zero-order valence-electron chi connectivity index (χ0n) is 15.2. The van der Waals surface area contributed by atoms with Crippen LogP contribution in [-0.4, -0.2) is 36.8 Å². The minimum Gasteiger partial charge on any atom is -0.300 e. The Hall–Kier alpha value is -1.20. The van der Waals surface area contributed by atoms with Gasteiger partial charge in [-0.2, -0.15) is 11.8 Å². The molecule has 0 aliphatic rings. The summed E-state index contributed by atoms with van der Waals surface area (Å²) in [5.74, 6) is 1.08. The first kappa shape index (κ1) is 22.1. The van der Waals surface area contributed by atoms with E-state index >= 15 is 0 Å². The van der Waals surface area contributed by atoms with E-state index in [0.29, 0.717) is 10.8 Å². The number of thioether (sulfide) groups is 1. The lowest BCUT2D eigenvalue weighted by molar-refractivity contribution is -0.123. The Morgan fingerprint density at radius 3 is 2.70 bits per heavy atom. The molecule has 2 aromatic rings. The maximum atomic E-state index is 12.3. The highest BCUT2D eigenvalue weighted by atomic mass is 35.5. The van der Waals surface area contributed by atoms with Crippen molar-refractivity contribution >= 4 is 55.8 Å². The highest BCUT2D eigenvalue weighted by Crippen LogP contribution is 2.23. The lowest BCUT2D eigenvalue weighted by Crippen LogP contribution is -2.27. The van der Waals surface area contributed by atoms with Crippen LogP contribution in [0.2, 0.25) is 5.02 Å². The number of hydrogen-bond donors (Lipinski definition) is 2. The fraction of sp³-hybridized carbons (Fsp3) is 0.438. The molecule has 0 bridgehead atoms. The Kier molecular flexibility index (Phi) is 7.64. The SMILES string of the molecule is CC(C)(C)C(=O)Nc1nnc(S(=O)(=O)NCCSCc2cccc(Cl)c2)s1.